The Morgan fingerprint density at radius 1 is 0.931 bits per heavy atom. The average Bonchev–Trinajstić information content (AvgIpc) is 3.49. The van der Waals surface area contributed by atoms with Crippen molar-refractivity contribution in [2.24, 2.45) is 41.4 Å². The molecule has 4 fully saturated rings. The van der Waals surface area contributed by atoms with Crippen molar-refractivity contribution in [2.75, 3.05) is 5.94 Å². The van der Waals surface area contributed by atoms with Crippen LogP contribution >= 0.6 is 18.2 Å². The Bertz CT molecular complexity index is 1520. The van der Waals surface area contributed by atoms with E-state index in [0.717, 1.165) is 6.42 Å². The number of carboxylic acids is 1. The van der Waals surface area contributed by atoms with Crippen LogP contribution in [0.3, 0.4) is 0 Å². The standard InChI is InChI=1S/C42H71O14PS/c1-11-29(38(45)46)31-14-13-23(3)35(53-31)27(7)37(51-22-58-57(48,49)50)26(6)34(44)30(12-2)36-24(4)21-25(5)41(54-36)18-15-32(43)42(56-41)20-19-40(10,55-42)33-16-17-39(9,47)28(8)52-33/h15,18,23-33,35-37,43,47H,11-14,16-17,19-22H2,1-10H3,(H,45,46)(H2,48,49,50)/t23-,24+,25-,26+,27+,28+,29+,30?,31?,32-,33-,35+,36+,37+,39-,40+,41-,42-/m1/s1. The van der Waals surface area contributed by atoms with Crippen LogP contribution < -0.4 is 0 Å². The van der Waals surface area contributed by atoms with E-state index >= 15 is 0 Å². The molecule has 5 rings (SSSR count). The van der Waals surface area contributed by atoms with Crippen LogP contribution in [0.2, 0.25) is 0 Å². The first-order valence-corrected chi connectivity index (χ1v) is 24.7. The van der Waals surface area contributed by atoms with Gasteiger partial charge in [0.05, 0.1) is 53.7 Å². The van der Waals surface area contributed by atoms with Gasteiger partial charge in [-0.2, -0.15) is 0 Å². The molecule has 0 aromatic rings. The number of ether oxygens (including phenoxy) is 6. The van der Waals surface area contributed by atoms with Gasteiger partial charge in [-0.3, -0.25) is 9.59 Å². The van der Waals surface area contributed by atoms with Crippen LogP contribution in [0.1, 0.15) is 127 Å². The minimum Gasteiger partial charge on any atom is -0.481 e. The highest BCUT2D eigenvalue weighted by Crippen LogP contribution is 2.54. The molecule has 2 unspecified atom stereocenters. The molecule has 0 aromatic carbocycles. The summed E-state index contributed by atoms with van der Waals surface area (Å²) in [6.07, 6.45) is 4.11. The number of carbonyl (C=O) groups excluding carboxylic acids is 1. The van der Waals surface area contributed by atoms with Gasteiger partial charge in [0.2, 0.25) is 5.79 Å². The third-order valence-corrected chi connectivity index (χ3v) is 16.4. The second kappa shape index (κ2) is 18.4. The Balaban J connectivity index is 1.38. The van der Waals surface area contributed by atoms with Gasteiger partial charge in [-0.1, -0.05) is 48.5 Å². The van der Waals surface area contributed by atoms with E-state index in [1.165, 1.54) is 0 Å². The molecule has 18 atom stereocenters. The molecule has 0 radical (unpaired) electrons. The lowest BCUT2D eigenvalue weighted by molar-refractivity contribution is -0.408. The maximum atomic E-state index is 14.9. The van der Waals surface area contributed by atoms with Crippen LogP contribution in [0.4, 0.5) is 0 Å². The van der Waals surface area contributed by atoms with E-state index in [0.29, 0.717) is 62.7 Å². The maximum absolute atomic E-state index is 14.9. The number of ketones is 1. The van der Waals surface area contributed by atoms with Gasteiger partial charge in [0.25, 0.3) is 0 Å². The van der Waals surface area contributed by atoms with Crippen molar-refractivity contribution in [3.05, 3.63) is 12.2 Å². The first-order chi connectivity index (χ1) is 26.9. The third-order valence-electron chi connectivity index (χ3n) is 14.5. The summed E-state index contributed by atoms with van der Waals surface area (Å²) in [4.78, 5) is 46.3. The van der Waals surface area contributed by atoms with E-state index in [1.54, 1.807) is 26.0 Å². The second-order valence-electron chi connectivity index (χ2n) is 18.7. The normalized spacial score (nSPS) is 43.5. The quantitative estimate of drug-likeness (QED) is 0.0667. The van der Waals surface area contributed by atoms with Gasteiger partial charge in [0, 0.05) is 30.1 Å². The number of aliphatic hydroxyl groups excluding tert-OH is 1. The Morgan fingerprint density at radius 2 is 1.60 bits per heavy atom. The largest absolute Gasteiger partial charge is 0.481 e. The van der Waals surface area contributed by atoms with Gasteiger partial charge in [0.1, 0.15) is 17.8 Å². The highest BCUT2D eigenvalue weighted by atomic mass is 32.7. The molecule has 58 heavy (non-hydrogen) atoms. The zero-order chi connectivity index (χ0) is 43.2. The lowest BCUT2D eigenvalue weighted by Crippen LogP contribution is -2.63. The van der Waals surface area contributed by atoms with Crippen LogP contribution in [0, 0.1) is 41.4 Å². The molecule has 5 aliphatic heterocycles. The SMILES string of the molecule is CCC(C(=O)[C@H](C)[C@H](OCSP(=O)(O)O)[C@@H](C)[C@H]1OC([C@H](CC)C(=O)O)CC[C@H]1C)[C@H]1O[C@@]2(C=C[C@@H](O)[C@@]3(CC[C@@](C)([C@H]4CC[C@@](C)(O)[C@H](C)O4)O3)O2)[C@H](C)C[C@@H]1C. The van der Waals surface area contributed by atoms with E-state index in [-0.39, 0.29) is 35.6 Å². The highest BCUT2D eigenvalue weighted by Gasteiger charge is 2.63. The maximum Gasteiger partial charge on any atom is 0.386 e. The van der Waals surface area contributed by atoms with Gasteiger partial charge in [-0.05, 0) is 108 Å². The average molecular weight is 863 g/mol. The molecule has 0 bridgehead atoms. The van der Waals surface area contributed by atoms with Crippen molar-refractivity contribution < 1.29 is 67.7 Å². The van der Waals surface area contributed by atoms with Crippen LogP contribution in [0.5, 0.6) is 0 Å². The minimum atomic E-state index is -4.48. The summed E-state index contributed by atoms with van der Waals surface area (Å²) in [6, 6.07) is 0. The summed E-state index contributed by atoms with van der Waals surface area (Å²) < 4.78 is 51.7. The fourth-order valence-corrected chi connectivity index (χ4v) is 11.5. The Kier molecular flexibility index (Phi) is 15.3. The molecule has 16 heteroatoms. The molecule has 5 N–H and O–H groups in total. The molecule has 0 saturated carbocycles. The Morgan fingerprint density at radius 3 is 2.21 bits per heavy atom. The van der Waals surface area contributed by atoms with Gasteiger partial charge >= 0.3 is 12.8 Å². The van der Waals surface area contributed by atoms with Crippen LogP contribution in [0.25, 0.3) is 0 Å². The molecule has 2 spiro atoms. The van der Waals surface area contributed by atoms with Crippen molar-refractivity contribution in [1.82, 2.24) is 0 Å². The number of carboxylic acid groups (broad SMARTS) is 1. The van der Waals surface area contributed by atoms with Gasteiger partial charge in [-0.15, -0.1) is 0 Å². The van der Waals surface area contributed by atoms with Crippen molar-refractivity contribution in [1.29, 1.82) is 0 Å². The predicted molar refractivity (Wildman–Crippen MR) is 217 cm³/mol. The molecule has 0 aliphatic carbocycles. The van der Waals surface area contributed by atoms with E-state index in [9.17, 15) is 39.3 Å². The zero-order valence-electron chi connectivity index (χ0n) is 36.1. The van der Waals surface area contributed by atoms with E-state index in [1.807, 2.05) is 48.5 Å². The molecule has 0 aromatic heterocycles. The zero-order valence-corrected chi connectivity index (χ0v) is 37.8. The summed E-state index contributed by atoms with van der Waals surface area (Å²) in [5.74, 6) is -6.84. The summed E-state index contributed by atoms with van der Waals surface area (Å²) in [5, 5.41) is 32.1. The first-order valence-electron chi connectivity index (χ1n) is 21.5. The lowest BCUT2D eigenvalue weighted by atomic mass is 9.72. The third kappa shape index (κ3) is 9.97. The van der Waals surface area contributed by atoms with Crippen molar-refractivity contribution in [3.63, 3.8) is 0 Å². The molecule has 5 heterocycles. The van der Waals surface area contributed by atoms with Gasteiger partial charge in [-0.25, -0.2) is 4.57 Å². The molecule has 5 aliphatic rings. The van der Waals surface area contributed by atoms with Crippen LogP contribution in [-0.4, -0.2) is 108 Å². The number of aliphatic carboxylic acids is 1. The number of rotatable bonds is 15. The fraction of sp³-hybridized carbons (Fsp3) is 0.905. The number of aliphatic hydroxyl groups is 2. The molecule has 0 amide bonds. The topological polar surface area (TPSA) is 208 Å². The van der Waals surface area contributed by atoms with Crippen LogP contribution in [-0.2, 0) is 42.6 Å². The van der Waals surface area contributed by atoms with Crippen molar-refractivity contribution in [3.8, 4) is 0 Å². The van der Waals surface area contributed by atoms with E-state index < -0.39 is 95.8 Å². The number of hydrogen-bond acceptors (Lipinski definition) is 12. The molecule has 14 nitrogen and oxygen atoms in total. The Hall–Kier alpha value is -0.940. The summed E-state index contributed by atoms with van der Waals surface area (Å²) >= 11 is 0.359. The second-order valence-corrected chi connectivity index (χ2v) is 22.4. The first kappa shape index (κ1) is 48.1. The van der Waals surface area contributed by atoms with E-state index in [2.05, 4.69) is 6.92 Å². The highest BCUT2D eigenvalue weighted by molar-refractivity contribution is 8.54. The van der Waals surface area contributed by atoms with Gasteiger partial charge in [0.15, 0.2) is 5.79 Å². The summed E-state index contributed by atoms with van der Waals surface area (Å²) in [7, 11) is 0. The molecule has 4 saturated heterocycles. The fourth-order valence-electron chi connectivity index (χ4n) is 10.5. The van der Waals surface area contributed by atoms with E-state index in [4.69, 9.17) is 28.4 Å². The van der Waals surface area contributed by atoms with Crippen molar-refractivity contribution in [2.45, 2.75) is 193 Å². The predicted octanol–water partition coefficient (Wildman–Crippen LogP) is 6.61. The smallest absolute Gasteiger partial charge is 0.386 e. The van der Waals surface area contributed by atoms with Crippen molar-refractivity contribution >= 4 is 29.9 Å². The Labute approximate surface area is 348 Å². The summed E-state index contributed by atoms with van der Waals surface area (Å²) in [5.41, 5.74) is -1.75. The lowest BCUT2D eigenvalue weighted by Gasteiger charge is -2.54. The summed E-state index contributed by atoms with van der Waals surface area (Å²) in [6.45, 7) is 14.7. The minimum absolute atomic E-state index is 0.0194. The van der Waals surface area contributed by atoms with Crippen LogP contribution in [0.15, 0.2) is 12.2 Å². The molecular formula is C42H71O14PS. The molecular weight excluding hydrogens is 791 g/mol. The number of hydrogen-bond donors (Lipinski definition) is 5. The number of Topliss-reactive ketones (excluding diaryl/α,β-unsaturated/α-hetero) is 1. The molecule has 334 valence electrons. The number of carbonyl (C=O) groups is 2. The van der Waals surface area contributed by atoms with Gasteiger partial charge < -0.3 is 53.5 Å². The monoisotopic (exact) mass is 862 g/mol.